The monoisotopic (exact) mass is 418 g/mol. The maximum atomic E-state index is 14.0. The second-order valence-electron chi connectivity index (χ2n) is 6.40. The van der Waals surface area contributed by atoms with Crippen molar-refractivity contribution in [2.75, 3.05) is 0 Å². The van der Waals surface area contributed by atoms with Gasteiger partial charge in [0.1, 0.15) is 0 Å². The summed E-state index contributed by atoms with van der Waals surface area (Å²) < 4.78 is 84.8. The van der Waals surface area contributed by atoms with Gasteiger partial charge in [0.2, 0.25) is 5.82 Å². The second kappa shape index (κ2) is 9.60. The van der Waals surface area contributed by atoms with Crippen LogP contribution in [0.1, 0.15) is 27.7 Å². The van der Waals surface area contributed by atoms with E-state index in [4.69, 9.17) is 13.9 Å². The first-order valence-corrected chi connectivity index (χ1v) is 9.37. The first-order valence-electron chi connectivity index (χ1n) is 8.46. The van der Waals surface area contributed by atoms with Crippen LogP contribution in [0.3, 0.4) is 0 Å². The molecule has 0 aliphatic carbocycles. The highest BCUT2D eigenvalue weighted by molar-refractivity contribution is 6.47. The highest BCUT2D eigenvalue weighted by Gasteiger charge is 2.26. The molecular weight excluding hydrogens is 399 g/mol. The van der Waals surface area contributed by atoms with E-state index in [0.29, 0.717) is 5.19 Å². The van der Waals surface area contributed by atoms with E-state index < -0.39 is 41.1 Å². The summed E-state index contributed by atoms with van der Waals surface area (Å²) in [5, 5.41) is 0.464. The van der Waals surface area contributed by atoms with Gasteiger partial charge in [-0.15, -0.1) is 0 Å². The Morgan fingerprint density at radius 2 is 1.25 bits per heavy atom. The molecule has 0 N–H and O–H groups in total. The van der Waals surface area contributed by atoms with E-state index in [1.54, 1.807) is 33.8 Å². The molecule has 9 heteroatoms. The molecule has 0 spiro atoms. The zero-order valence-corrected chi connectivity index (χ0v) is 16.7. The molecule has 152 valence electrons. The van der Waals surface area contributed by atoms with Crippen molar-refractivity contribution in [3.05, 3.63) is 53.4 Å². The smallest absolute Gasteiger partial charge is 0.275 e. The summed E-state index contributed by atoms with van der Waals surface area (Å²) in [5.41, 5.74) is -1.15. The first kappa shape index (κ1) is 22.5. The van der Waals surface area contributed by atoms with E-state index in [1.165, 1.54) is 18.2 Å². The number of halogens is 5. The molecule has 0 aliphatic heterocycles. The molecule has 2 rings (SSSR count). The van der Waals surface area contributed by atoms with Crippen LogP contribution in [0.5, 0.6) is 0 Å². The number of hydrogen-bond acceptors (Lipinski definition) is 3. The number of benzene rings is 2. The molecule has 0 amide bonds. The van der Waals surface area contributed by atoms with Crippen LogP contribution in [0.2, 0.25) is 0 Å². The predicted molar refractivity (Wildman–Crippen MR) is 94.4 cm³/mol. The third-order valence-corrected chi connectivity index (χ3v) is 4.26. The van der Waals surface area contributed by atoms with Crippen LogP contribution < -0.4 is 5.19 Å². The molecule has 0 fully saturated rings. The summed E-state index contributed by atoms with van der Waals surface area (Å²) in [5.74, 6) is -9.95. The lowest BCUT2D eigenvalue weighted by Crippen LogP contribution is -2.32. The van der Waals surface area contributed by atoms with Gasteiger partial charge in [0.15, 0.2) is 23.3 Å². The van der Waals surface area contributed by atoms with Crippen molar-refractivity contribution in [3.63, 3.8) is 0 Å². The van der Waals surface area contributed by atoms with Gasteiger partial charge in [-0.05, 0) is 38.4 Å². The van der Waals surface area contributed by atoms with E-state index >= 15 is 0 Å². The lowest BCUT2D eigenvalue weighted by Gasteiger charge is -2.22. The number of rotatable bonds is 8. The summed E-state index contributed by atoms with van der Waals surface area (Å²) in [6.45, 7) is 6.23. The second-order valence-corrected chi connectivity index (χ2v) is 7.42. The Kier molecular flexibility index (Phi) is 7.70. The standard InChI is InChI=1S/C19H19F5O3Si/c1-9(2)25-19(26-10(3)4)27-28-12-7-5-6-11(8-12)13-14(20)16(22)18(24)17(23)15(13)21/h5-10,19H,1-4H3. The van der Waals surface area contributed by atoms with Gasteiger partial charge >= 0.3 is 0 Å². The molecule has 0 unspecified atom stereocenters. The molecule has 0 aliphatic rings. The number of hydrogen-bond donors (Lipinski definition) is 0. The van der Waals surface area contributed by atoms with Crippen LogP contribution in [-0.2, 0) is 13.9 Å². The minimum absolute atomic E-state index is 0.160. The van der Waals surface area contributed by atoms with Crippen LogP contribution in [-0.4, -0.2) is 28.4 Å². The third kappa shape index (κ3) is 5.37. The Hall–Kier alpha value is -1.81. The van der Waals surface area contributed by atoms with Gasteiger partial charge in [-0.3, -0.25) is 0 Å². The van der Waals surface area contributed by atoms with Crippen LogP contribution in [0.4, 0.5) is 22.0 Å². The SMILES string of the molecule is CC(C)OC(O[Si]c1cccc(-c2c(F)c(F)c(F)c(F)c2F)c1)OC(C)C. The van der Waals surface area contributed by atoms with E-state index in [9.17, 15) is 22.0 Å². The molecule has 0 aromatic heterocycles. The minimum Gasteiger partial charge on any atom is -0.366 e. The Morgan fingerprint density at radius 3 is 1.75 bits per heavy atom. The summed E-state index contributed by atoms with van der Waals surface area (Å²) in [6, 6.07) is 5.56. The Balaban J connectivity index is 2.28. The van der Waals surface area contributed by atoms with Gasteiger partial charge in [0, 0.05) is 0 Å². The molecule has 0 heterocycles. The van der Waals surface area contributed by atoms with Gasteiger partial charge in [-0.25, -0.2) is 22.0 Å². The predicted octanol–water partition coefficient (Wildman–Crippen LogP) is 4.44. The molecule has 2 aromatic rings. The molecule has 0 saturated heterocycles. The summed E-state index contributed by atoms with van der Waals surface area (Å²) in [4.78, 5) is 0. The molecule has 0 saturated carbocycles. The van der Waals surface area contributed by atoms with Crippen molar-refractivity contribution in [2.24, 2.45) is 0 Å². The molecule has 0 bridgehead atoms. The van der Waals surface area contributed by atoms with E-state index in [0.717, 1.165) is 0 Å². The Morgan fingerprint density at radius 1 is 0.750 bits per heavy atom. The third-order valence-electron chi connectivity index (χ3n) is 3.40. The lowest BCUT2D eigenvalue weighted by molar-refractivity contribution is -0.274. The highest BCUT2D eigenvalue weighted by atomic mass is 28.2. The lowest BCUT2D eigenvalue weighted by atomic mass is 10.0. The maximum Gasteiger partial charge on any atom is 0.275 e. The largest absolute Gasteiger partial charge is 0.366 e. The molecule has 0 atom stereocenters. The van der Waals surface area contributed by atoms with Crippen molar-refractivity contribution < 1.29 is 35.9 Å². The summed E-state index contributed by atoms with van der Waals surface area (Å²) in [6.07, 6.45) is -0.346. The van der Waals surface area contributed by atoms with Crippen molar-refractivity contribution in [1.82, 2.24) is 0 Å². The zero-order chi connectivity index (χ0) is 21.0. The average Bonchev–Trinajstić information content (AvgIpc) is 2.62. The fraction of sp³-hybridized carbons (Fsp3) is 0.368. The topological polar surface area (TPSA) is 27.7 Å². The molecular formula is C19H19F5O3Si. The fourth-order valence-electron chi connectivity index (χ4n) is 2.24. The summed E-state index contributed by atoms with van der Waals surface area (Å²) in [7, 11) is -0.346. The van der Waals surface area contributed by atoms with Crippen LogP contribution in [0.25, 0.3) is 11.1 Å². The van der Waals surface area contributed by atoms with Crippen molar-refractivity contribution in [3.8, 4) is 11.1 Å². The average molecular weight is 418 g/mol. The van der Waals surface area contributed by atoms with E-state index in [2.05, 4.69) is 0 Å². The highest BCUT2D eigenvalue weighted by Crippen LogP contribution is 2.30. The van der Waals surface area contributed by atoms with Crippen molar-refractivity contribution in [1.29, 1.82) is 0 Å². The molecule has 2 radical (unpaired) electrons. The Labute approximate surface area is 162 Å². The minimum atomic E-state index is -2.19. The Bertz CT molecular complexity index is 790. The normalized spacial score (nSPS) is 11.9. The fourth-order valence-corrected chi connectivity index (χ4v) is 2.97. The van der Waals surface area contributed by atoms with Crippen molar-refractivity contribution >= 4 is 14.9 Å². The van der Waals surface area contributed by atoms with Gasteiger partial charge in [0.25, 0.3) is 16.2 Å². The van der Waals surface area contributed by atoms with Crippen LogP contribution in [0, 0.1) is 29.1 Å². The van der Waals surface area contributed by atoms with Crippen molar-refractivity contribution in [2.45, 2.75) is 46.4 Å². The van der Waals surface area contributed by atoms with Gasteiger partial charge in [-0.1, -0.05) is 24.3 Å². The zero-order valence-electron chi connectivity index (χ0n) is 15.7. The number of ether oxygens (including phenoxy) is 2. The molecule has 28 heavy (non-hydrogen) atoms. The molecule has 2 aromatic carbocycles. The van der Waals surface area contributed by atoms with E-state index in [-0.39, 0.29) is 27.5 Å². The first-order chi connectivity index (χ1) is 13.1. The van der Waals surface area contributed by atoms with Crippen LogP contribution in [0.15, 0.2) is 24.3 Å². The summed E-state index contributed by atoms with van der Waals surface area (Å²) >= 11 is 0. The molecule has 3 nitrogen and oxygen atoms in total. The van der Waals surface area contributed by atoms with E-state index in [1.807, 2.05) is 0 Å². The quantitative estimate of drug-likeness (QED) is 0.209. The maximum absolute atomic E-state index is 14.0. The van der Waals surface area contributed by atoms with Gasteiger partial charge in [-0.2, -0.15) is 0 Å². The van der Waals surface area contributed by atoms with Gasteiger partial charge < -0.3 is 13.9 Å². The van der Waals surface area contributed by atoms with Crippen LogP contribution >= 0.6 is 0 Å². The van der Waals surface area contributed by atoms with Gasteiger partial charge in [0.05, 0.1) is 17.8 Å².